The third-order valence-corrected chi connectivity index (χ3v) is 5.16. The highest BCUT2D eigenvalue weighted by Crippen LogP contribution is 2.25. The summed E-state index contributed by atoms with van der Waals surface area (Å²) in [5, 5.41) is 7.13. The lowest BCUT2D eigenvalue weighted by atomic mass is 10.1. The van der Waals surface area contributed by atoms with Crippen molar-refractivity contribution in [3.63, 3.8) is 0 Å². The first-order chi connectivity index (χ1) is 15.9. The number of fused-ring (bicyclic) bond motifs is 1. The van der Waals surface area contributed by atoms with Crippen molar-refractivity contribution >= 4 is 34.3 Å². The van der Waals surface area contributed by atoms with Crippen LogP contribution in [0.25, 0.3) is 10.9 Å². The van der Waals surface area contributed by atoms with Crippen LogP contribution in [0.1, 0.15) is 21.5 Å². The predicted molar refractivity (Wildman–Crippen MR) is 130 cm³/mol. The lowest BCUT2D eigenvalue weighted by Crippen LogP contribution is -2.14. The van der Waals surface area contributed by atoms with Gasteiger partial charge in [-0.1, -0.05) is 18.2 Å². The summed E-state index contributed by atoms with van der Waals surface area (Å²) in [5.74, 6) is 0.678. The Balaban J connectivity index is 1.47. The largest absolute Gasteiger partial charge is 0.365 e. The summed E-state index contributed by atoms with van der Waals surface area (Å²) >= 11 is 0. The standard InChI is InChI=1S/C25H25FN6O/c1-32(2)25-30-22-13-17(14-27)5-12-21(22)23(31-25)28-15-16-3-10-20(11-4-16)29-24(33)18-6-8-19(26)9-7-18/h3-13H,14-15,27H2,1-2H3,(H,29,33)(H,28,30,31). The van der Waals surface area contributed by atoms with E-state index < -0.39 is 0 Å². The average Bonchev–Trinajstić information content (AvgIpc) is 2.83. The summed E-state index contributed by atoms with van der Waals surface area (Å²) in [6.45, 7) is 0.994. The summed E-state index contributed by atoms with van der Waals surface area (Å²) in [6.07, 6.45) is 0. The number of hydrogen-bond donors (Lipinski definition) is 3. The van der Waals surface area contributed by atoms with Gasteiger partial charge in [-0.3, -0.25) is 4.79 Å². The van der Waals surface area contributed by atoms with E-state index in [9.17, 15) is 9.18 Å². The van der Waals surface area contributed by atoms with E-state index in [1.165, 1.54) is 24.3 Å². The van der Waals surface area contributed by atoms with Crippen LogP contribution in [0.5, 0.6) is 0 Å². The Morgan fingerprint density at radius 3 is 2.33 bits per heavy atom. The van der Waals surface area contributed by atoms with Crippen LogP contribution in [0.4, 0.5) is 21.8 Å². The summed E-state index contributed by atoms with van der Waals surface area (Å²) in [7, 11) is 3.80. The molecule has 1 aromatic heterocycles. The summed E-state index contributed by atoms with van der Waals surface area (Å²) in [4.78, 5) is 23.4. The van der Waals surface area contributed by atoms with Gasteiger partial charge in [-0.2, -0.15) is 4.98 Å². The van der Waals surface area contributed by atoms with Crippen molar-refractivity contribution in [2.45, 2.75) is 13.1 Å². The molecule has 1 amide bonds. The zero-order valence-corrected chi connectivity index (χ0v) is 18.5. The number of aromatic nitrogens is 2. The van der Waals surface area contributed by atoms with Gasteiger partial charge >= 0.3 is 0 Å². The molecule has 4 rings (SSSR count). The molecule has 0 spiro atoms. The van der Waals surface area contributed by atoms with Crippen LogP contribution in [0.3, 0.4) is 0 Å². The minimum Gasteiger partial charge on any atom is -0.365 e. The number of halogens is 1. The van der Waals surface area contributed by atoms with E-state index in [4.69, 9.17) is 5.73 Å². The predicted octanol–water partition coefficient (Wildman–Crippen LogP) is 4.16. The van der Waals surface area contributed by atoms with E-state index in [0.717, 1.165) is 27.8 Å². The second kappa shape index (κ2) is 9.62. The van der Waals surface area contributed by atoms with Gasteiger partial charge in [0, 0.05) is 43.8 Å². The number of anilines is 3. The van der Waals surface area contributed by atoms with E-state index >= 15 is 0 Å². The Bertz CT molecular complexity index is 1270. The topological polar surface area (TPSA) is 96.2 Å². The van der Waals surface area contributed by atoms with Gasteiger partial charge in [-0.15, -0.1) is 0 Å². The molecule has 0 atom stereocenters. The maximum atomic E-state index is 13.0. The molecule has 4 aromatic rings. The van der Waals surface area contributed by atoms with Crippen molar-refractivity contribution in [2.24, 2.45) is 5.73 Å². The molecule has 0 saturated heterocycles. The molecule has 0 saturated carbocycles. The fourth-order valence-corrected chi connectivity index (χ4v) is 3.32. The number of benzene rings is 3. The van der Waals surface area contributed by atoms with Gasteiger partial charge in [0.2, 0.25) is 5.95 Å². The second-order valence-corrected chi connectivity index (χ2v) is 7.83. The van der Waals surface area contributed by atoms with Crippen molar-refractivity contribution in [1.29, 1.82) is 0 Å². The smallest absolute Gasteiger partial charge is 0.255 e. The molecular weight excluding hydrogens is 419 g/mol. The fraction of sp³-hybridized carbons (Fsp3) is 0.160. The van der Waals surface area contributed by atoms with Gasteiger partial charge in [-0.25, -0.2) is 9.37 Å². The number of nitrogens with two attached hydrogens (primary N) is 1. The monoisotopic (exact) mass is 444 g/mol. The number of hydrogen-bond acceptors (Lipinski definition) is 6. The van der Waals surface area contributed by atoms with Gasteiger partial charge in [0.05, 0.1) is 5.52 Å². The fourth-order valence-electron chi connectivity index (χ4n) is 3.32. The molecule has 0 unspecified atom stereocenters. The molecule has 0 aliphatic carbocycles. The van der Waals surface area contributed by atoms with Crippen LogP contribution in [0.15, 0.2) is 66.7 Å². The van der Waals surface area contributed by atoms with E-state index in [1.807, 2.05) is 61.5 Å². The minimum absolute atomic E-state index is 0.290. The van der Waals surface area contributed by atoms with Crippen LogP contribution in [0, 0.1) is 5.82 Å². The molecule has 0 fully saturated rings. The first kappa shape index (κ1) is 22.2. The van der Waals surface area contributed by atoms with Crippen LogP contribution >= 0.6 is 0 Å². The minimum atomic E-state index is -0.377. The Hall–Kier alpha value is -4.04. The van der Waals surface area contributed by atoms with E-state index in [1.54, 1.807) is 0 Å². The van der Waals surface area contributed by atoms with Crippen LogP contribution < -0.4 is 21.3 Å². The first-order valence-electron chi connectivity index (χ1n) is 10.5. The number of amides is 1. The second-order valence-electron chi connectivity index (χ2n) is 7.83. The highest BCUT2D eigenvalue weighted by atomic mass is 19.1. The lowest BCUT2D eigenvalue weighted by Gasteiger charge is -2.15. The molecule has 0 aliphatic heterocycles. The maximum Gasteiger partial charge on any atom is 0.255 e. The van der Waals surface area contributed by atoms with Gasteiger partial charge < -0.3 is 21.3 Å². The quantitative estimate of drug-likeness (QED) is 0.396. The number of nitrogens with zero attached hydrogens (tertiary/aromatic N) is 3. The highest BCUT2D eigenvalue weighted by molar-refractivity contribution is 6.04. The summed E-state index contributed by atoms with van der Waals surface area (Å²) in [6, 6.07) is 18.9. The molecule has 1 heterocycles. The molecule has 3 aromatic carbocycles. The summed E-state index contributed by atoms with van der Waals surface area (Å²) < 4.78 is 13.0. The maximum absolute atomic E-state index is 13.0. The van der Waals surface area contributed by atoms with E-state index in [0.29, 0.717) is 30.3 Å². The lowest BCUT2D eigenvalue weighted by molar-refractivity contribution is 0.102. The van der Waals surface area contributed by atoms with Crippen molar-refractivity contribution in [2.75, 3.05) is 29.6 Å². The molecule has 0 bridgehead atoms. The molecule has 8 heteroatoms. The third kappa shape index (κ3) is 5.24. The van der Waals surface area contributed by atoms with Gasteiger partial charge in [-0.05, 0) is 59.7 Å². The number of nitrogens with one attached hydrogen (secondary N) is 2. The molecule has 0 radical (unpaired) electrons. The Kier molecular flexibility index (Phi) is 6.46. The van der Waals surface area contributed by atoms with Crippen molar-refractivity contribution in [3.8, 4) is 0 Å². The van der Waals surface area contributed by atoms with E-state index in [-0.39, 0.29) is 11.7 Å². The first-order valence-corrected chi connectivity index (χ1v) is 10.5. The average molecular weight is 445 g/mol. The van der Waals surface area contributed by atoms with Gasteiger partial charge in [0.1, 0.15) is 11.6 Å². The third-order valence-electron chi connectivity index (χ3n) is 5.16. The van der Waals surface area contributed by atoms with Crippen LogP contribution in [-0.4, -0.2) is 30.0 Å². The van der Waals surface area contributed by atoms with Crippen LogP contribution in [0.2, 0.25) is 0 Å². The molecule has 4 N–H and O–H groups in total. The molecule has 168 valence electrons. The zero-order chi connectivity index (χ0) is 23.4. The molecule has 33 heavy (non-hydrogen) atoms. The van der Waals surface area contributed by atoms with Gasteiger partial charge in [0.15, 0.2) is 0 Å². The highest BCUT2D eigenvalue weighted by Gasteiger charge is 2.10. The van der Waals surface area contributed by atoms with Crippen molar-refractivity contribution in [1.82, 2.24) is 9.97 Å². The Morgan fingerprint density at radius 2 is 1.67 bits per heavy atom. The number of carbonyl (C=O) groups is 1. The summed E-state index contributed by atoms with van der Waals surface area (Å²) in [5.41, 5.74) is 9.70. The SMILES string of the molecule is CN(C)c1nc(NCc2ccc(NC(=O)c3ccc(F)cc3)cc2)c2ccc(CN)cc2n1. The molecule has 0 aliphatic rings. The number of rotatable bonds is 7. The zero-order valence-electron chi connectivity index (χ0n) is 18.5. The molecule has 7 nitrogen and oxygen atoms in total. The normalized spacial score (nSPS) is 10.8. The van der Waals surface area contributed by atoms with E-state index in [2.05, 4.69) is 20.6 Å². The Morgan fingerprint density at radius 1 is 0.970 bits per heavy atom. The van der Waals surface area contributed by atoms with Crippen molar-refractivity contribution in [3.05, 3.63) is 89.2 Å². The molecular formula is C25H25FN6O. The van der Waals surface area contributed by atoms with Crippen LogP contribution in [-0.2, 0) is 13.1 Å². The van der Waals surface area contributed by atoms with Gasteiger partial charge in [0.25, 0.3) is 5.91 Å². The number of carbonyl (C=O) groups excluding carboxylic acids is 1. The van der Waals surface area contributed by atoms with Crippen molar-refractivity contribution < 1.29 is 9.18 Å². The Labute approximate surface area is 191 Å².